The molecular weight excluding hydrogens is 377 g/mol. The molecule has 1 saturated heterocycles. The number of rotatable bonds is 3. The summed E-state index contributed by atoms with van der Waals surface area (Å²) in [5.74, 6) is -0.864. The Bertz CT molecular complexity index is 811. The number of hydrogen-bond donors (Lipinski definition) is 2. The molecule has 1 aromatic heterocycles. The number of hydrogen-bond acceptors (Lipinski definition) is 4. The first-order valence-corrected chi connectivity index (χ1v) is 8.96. The highest BCUT2D eigenvalue weighted by Gasteiger charge is 2.26. The van der Waals surface area contributed by atoms with Crippen LogP contribution in [0.1, 0.15) is 32.5 Å². The molecule has 1 aromatic carbocycles. The van der Waals surface area contributed by atoms with Crippen LogP contribution in [0.15, 0.2) is 30.3 Å². The molecule has 8 heteroatoms. The first-order chi connectivity index (χ1) is 12.0. The third kappa shape index (κ3) is 4.41. The molecule has 0 saturated carbocycles. The predicted molar refractivity (Wildman–Crippen MR) is 104 cm³/mol. The zero-order chi connectivity index (χ0) is 18.0. The molecular formula is C18H21ClFN3O2S. The minimum Gasteiger partial charge on any atom is -0.333 e. The number of benzene rings is 1. The van der Waals surface area contributed by atoms with Gasteiger partial charge in [0.2, 0.25) is 0 Å². The molecule has 2 aromatic rings. The van der Waals surface area contributed by atoms with Gasteiger partial charge in [-0.3, -0.25) is 9.59 Å². The summed E-state index contributed by atoms with van der Waals surface area (Å²) in [6.45, 7) is 6.10. The number of carbonyl (C=O) groups is 2. The molecule has 26 heavy (non-hydrogen) atoms. The second-order valence-electron chi connectivity index (χ2n) is 6.14. The number of nitrogens with zero attached hydrogens (tertiary/aromatic N) is 1. The van der Waals surface area contributed by atoms with Gasteiger partial charge in [-0.1, -0.05) is 6.07 Å². The van der Waals surface area contributed by atoms with E-state index in [-0.39, 0.29) is 29.9 Å². The van der Waals surface area contributed by atoms with E-state index in [1.165, 1.54) is 29.5 Å². The topological polar surface area (TPSA) is 61.4 Å². The van der Waals surface area contributed by atoms with Crippen LogP contribution in [-0.4, -0.2) is 42.4 Å². The van der Waals surface area contributed by atoms with Crippen molar-refractivity contribution in [2.45, 2.75) is 19.9 Å². The maximum atomic E-state index is 13.3. The lowest BCUT2D eigenvalue weighted by molar-refractivity contribution is 0.0660. The lowest BCUT2D eigenvalue weighted by Crippen LogP contribution is -2.52. The molecule has 0 aliphatic carbocycles. The SMILES string of the molecule is Cc1cc(NC(=O)c2cccc(F)c2)sc1C(=O)N1CCNCC1C.Cl. The van der Waals surface area contributed by atoms with Crippen LogP contribution in [0.3, 0.4) is 0 Å². The van der Waals surface area contributed by atoms with Crippen LogP contribution in [0.2, 0.25) is 0 Å². The van der Waals surface area contributed by atoms with Gasteiger partial charge in [-0.05, 0) is 43.7 Å². The fourth-order valence-electron chi connectivity index (χ4n) is 2.84. The van der Waals surface area contributed by atoms with Crippen molar-refractivity contribution >= 4 is 40.6 Å². The molecule has 5 nitrogen and oxygen atoms in total. The fourth-order valence-corrected chi connectivity index (χ4v) is 3.87. The highest BCUT2D eigenvalue weighted by Crippen LogP contribution is 2.29. The average Bonchev–Trinajstić information content (AvgIpc) is 2.95. The van der Waals surface area contributed by atoms with E-state index < -0.39 is 11.7 Å². The minimum absolute atomic E-state index is 0. The van der Waals surface area contributed by atoms with Gasteiger partial charge in [-0.15, -0.1) is 23.7 Å². The fraction of sp³-hybridized carbons (Fsp3) is 0.333. The molecule has 2 N–H and O–H groups in total. The Morgan fingerprint density at radius 2 is 2.12 bits per heavy atom. The van der Waals surface area contributed by atoms with E-state index in [0.29, 0.717) is 16.4 Å². The van der Waals surface area contributed by atoms with Gasteiger partial charge in [-0.2, -0.15) is 0 Å². The number of aryl methyl sites for hydroxylation is 1. The molecule has 1 aliphatic rings. The van der Waals surface area contributed by atoms with E-state index in [2.05, 4.69) is 10.6 Å². The quantitative estimate of drug-likeness (QED) is 0.835. The second-order valence-corrected chi connectivity index (χ2v) is 7.19. The third-order valence-corrected chi connectivity index (χ3v) is 5.34. The molecule has 2 amide bonds. The molecule has 2 heterocycles. The van der Waals surface area contributed by atoms with E-state index >= 15 is 0 Å². The second kappa shape index (κ2) is 8.62. The van der Waals surface area contributed by atoms with Crippen LogP contribution in [0.5, 0.6) is 0 Å². The van der Waals surface area contributed by atoms with Crippen molar-refractivity contribution in [3.8, 4) is 0 Å². The van der Waals surface area contributed by atoms with Crippen molar-refractivity contribution in [1.82, 2.24) is 10.2 Å². The highest BCUT2D eigenvalue weighted by atomic mass is 35.5. The number of piperazine rings is 1. The molecule has 0 spiro atoms. The lowest BCUT2D eigenvalue weighted by Gasteiger charge is -2.33. The summed E-state index contributed by atoms with van der Waals surface area (Å²) in [5, 5.41) is 6.59. The van der Waals surface area contributed by atoms with Crippen LogP contribution < -0.4 is 10.6 Å². The monoisotopic (exact) mass is 397 g/mol. The third-order valence-electron chi connectivity index (χ3n) is 4.20. The number of thiophene rings is 1. The summed E-state index contributed by atoms with van der Waals surface area (Å²) < 4.78 is 13.3. The average molecular weight is 398 g/mol. The summed E-state index contributed by atoms with van der Waals surface area (Å²) in [4.78, 5) is 27.5. The summed E-state index contributed by atoms with van der Waals surface area (Å²) in [7, 11) is 0. The van der Waals surface area contributed by atoms with Crippen LogP contribution in [0.25, 0.3) is 0 Å². The van der Waals surface area contributed by atoms with Gasteiger partial charge >= 0.3 is 0 Å². The van der Waals surface area contributed by atoms with E-state index in [0.717, 1.165) is 18.7 Å². The number of amides is 2. The maximum absolute atomic E-state index is 13.3. The van der Waals surface area contributed by atoms with E-state index in [9.17, 15) is 14.0 Å². The van der Waals surface area contributed by atoms with E-state index in [4.69, 9.17) is 0 Å². The minimum atomic E-state index is -0.460. The van der Waals surface area contributed by atoms with Gasteiger partial charge in [0, 0.05) is 31.2 Å². The lowest BCUT2D eigenvalue weighted by atomic mass is 10.2. The first kappa shape index (κ1) is 20.4. The molecule has 1 atom stereocenters. The van der Waals surface area contributed by atoms with Crippen molar-refractivity contribution in [1.29, 1.82) is 0 Å². The van der Waals surface area contributed by atoms with Crippen molar-refractivity contribution in [3.63, 3.8) is 0 Å². The summed E-state index contributed by atoms with van der Waals surface area (Å²) in [6.07, 6.45) is 0. The normalized spacial score (nSPS) is 16.7. The van der Waals surface area contributed by atoms with Gasteiger partial charge in [-0.25, -0.2) is 4.39 Å². The zero-order valence-corrected chi connectivity index (χ0v) is 16.2. The smallest absolute Gasteiger partial charge is 0.264 e. The molecule has 140 valence electrons. The summed E-state index contributed by atoms with van der Waals surface area (Å²) >= 11 is 1.25. The standard InChI is InChI=1S/C18H20FN3O2S.ClH/c1-11-8-15(21-17(23)13-4-3-5-14(19)9-13)25-16(11)18(24)22-7-6-20-10-12(22)2;/h3-5,8-9,12,20H,6-7,10H2,1-2H3,(H,21,23);1H. The van der Waals surface area contributed by atoms with Crippen LogP contribution in [-0.2, 0) is 0 Å². The Kier molecular flexibility index (Phi) is 6.75. The van der Waals surface area contributed by atoms with E-state index in [1.807, 2.05) is 18.7 Å². The molecule has 0 radical (unpaired) electrons. The van der Waals surface area contributed by atoms with Crippen LogP contribution in [0.4, 0.5) is 9.39 Å². The number of anilines is 1. The number of nitrogens with one attached hydrogen (secondary N) is 2. The highest BCUT2D eigenvalue weighted by molar-refractivity contribution is 7.18. The molecule has 1 fully saturated rings. The Hall–Kier alpha value is -1.96. The Morgan fingerprint density at radius 1 is 1.35 bits per heavy atom. The Morgan fingerprint density at radius 3 is 2.81 bits per heavy atom. The van der Waals surface area contributed by atoms with Gasteiger partial charge in [0.1, 0.15) is 5.82 Å². The van der Waals surface area contributed by atoms with Crippen molar-refractivity contribution in [2.24, 2.45) is 0 Å². The molecule has 3 rings (SSSR count). The molecule has 1 aliphatic heterocycles. The van der Waals surface area contributed by atoms with Gasteiger partial charge in [0.25, 0.3) is 11.8 Å². The Labute approximate surface area is 162 Å². The number of carbonyl (C=O) groups excluding carboxylic acids is 2. The maximum Gasteiger partial charge on any atom is 0.264 e. The number of halogens is 2. The van der Waals surface area contributed by atoms with Crippen molar-refractivity contribution in [3.05, 3.63) is 52.2 Å². The Balaban J connectivity index is 0.00000243. The van der Waals surface area contributed by atoms with Crippen molar-refractivity contribution < 1.29 is 14.0 Å². The molecule has 0 bridgehead atoms. The van der Waals surface area contributed by atoms with Gasteiger partial charge in [0.15, 0.2) is 0 Å². The first-order valence-electron chi connectivity index (χ1n) is 8.14. The largest absolute Gasteiger partial charge is 0.333 e. The van der Waals surface area contributed by atoms with E-state index in [1.54, 1.807) is 12.1 Å². The van der Waals surface area contributed by atoms with Gasteiger partial charge in [0.05, 0.1) is 9.88 Å². The summed E-state index contributed by atoms with van der Waals surface area (Å²) in [6, 6.07) is 7.43. The summed E-state index contributed by atoms with van der Waals surface area (Å²) in [5.41, 5.74) is 1.07. The van der Waals surface area contributed by atoms with Crippen molar-refractivity contribution in [2.75, 3.05) is 25.0 Å². The zero-order valence-electron chi connectivity index (χ0n) is 14.5. The van der Waals surface area contributed by atoms with Crippen LogP contribution in [0, 0.1) is 12.7 Å². The predicted octanol–water partition coefficient (Wildman–Crippen LogP) is 3.30. The van der Waals surface area contributed by atoms with Crippen LogP contribution >= 0.6 is 23.7 Å². The van der Waals surface area contributed by atoms with Gasteiger partial charge < -0.3 is 15.5 Å². The molecule has 1 unspecified atom stereocenters.